The molecule has 1 aliphatic heterocycles. The summed E-state index contributed by atoms with van der Waals surface area (Å²) in [6.45, 7) is 1.88. The minimum atomic E-state index is 0.794. The molecule has 2 aromatic heterocycles. The van der Waals surface area contributed by atoms with Gasteiger partial charge in [0.15, 0.2) is 5.82 Å². The minimum absolute atomic E-state index is 0.794. The van der Waals surface area contributed by atoms with Gasteiger partial charge >= 0.3 is 0 Å². The van der Waals surface area contributed by atoms with Crippen LogP contribution in [0.15, 0.2) is 30.7 Å². The highest BCUT2D eigenvalue weighted by Crippen LogP contribution is 2.17. The van der Waals surface area contributed by atoms with Gasteiger partial charge in [0.25, 0.3) is 0 Å². The van der Waals surface area contributed by atoms with E-state index in [4.69, 9.17) is 0 Å². The van der Waals surface area contributed by atoms with Crippen LogP contribution in [0.1, 0.15) is 11.3 Å². The molecule has 0 bridgehead atoms. The van der Waals surface area contributed by atoms with E-state index >= 15 is 0 Å². The second-order valence-corrected chi connectivity index (χ2v) is 3.83. The summed E-state index contributed by atoms with van der Waals surface area (Å²) in [4.78, 5) is 13.0. The van der Waals surface area contributed by atoms with Crippen LogP contribution in [0.25, 0.3) is 11.4 Å². The van der Waals surface area contributed by atoms with Crippen molar-refractivity contribution >= 4 is 0 Å². The molecule has 0 saturated carbocycles. The quantitative estimate of drug-likeness (QED) is 0.771. The molecule has 1 aliphatic rings. The Labute approximate surface area is 93.8 Å². The molecule has 0 unspecified atom stereocenters. The lowest BCUT2D eigenvalue weighted by molar-refractivity contribution is 0.626. The van der Waals surface area contributed by atoms with E-state index in [-0.39, 0.29) is 0 Å². The fourth-order valence-corrected chi connectivity index (χ4v) is 1.88. The highest BCUT2D eigenvalue weighted by molar-refractivity contribution is 5.53. The molecule has 1 N–H and O–H groups in total. The zero-order valence-electron chi connectivity index (χ0n) is 8.85. The topological polar surface area (TPSA) is 50.7 Å². The van der Waals surface area contributed by atoms with Crippen LogP contribution in [0.2, 0.25) is 0 Å². The van der Waals surface area contributed by atoms with Crippen molar-refractivity contribution in [3.63, 3.8) is 0 Å². The van der Waals surface area contributed by atoms with E-state index in [1.165, 1.54) is 11.3 Å². The number of aromatic nitrogens is 3. The average molecular weight is 212 g/mol. The summed E-state index contributed by atoms with van der Waals surface area (Å²) in [5, 5.41) is 3.31. The predicted molar refractivity (Wildman–Crippen MR) is 60.7 cm³/mol. The van der Waals surface area contributed by atoms with Gasteiger partial charge in [-0.1, -0.05) is 0 Å². The molecule has 3 rings (SSSR count). The van der Waals surface area contributed by atoms with Crippen LogP contribution in [0.4, 0.5) is 0 Å². The smallest absolute Gasteiger partial charge is 0.159 e. The van der Waals surface area contributed by atoms with Crippen LogP contribution in [-0.2, 0) is 13.0 Å². The second-order valence-electron chi connectivity index (χ2n) is 3.83. The Morgan fingerprint density at radius 1 is 1.19 bits per heavy atom. The summed E-state index contributed by atoms with van der Waals surface area (Å²) in [5.41, 5.74) is 3.40. The normalized spacial score (nSPS) is 14.5. The van der Waals surface area contributed by atoms with Gasteiger partial charge in [-0.25, -0.2) is 9.97 Å². The molecule has 0 spiro atoms. The van der Waals surface area contributed by atoms with Crippen molar-refractivity contribution in [1.82, 2.24) is 20.3 Å². The zero-order valence-corrected chi connectivity index (χ0v) is 8.85. The molecule has 0 atom stereocenters. The van der Waals surface area contributed by atoms with Gasteiger partial charge in [-0.05, 0) is 12.1 Å². The maximum atomic E-state index is 4.60. The van der Waals surface area contributed by atoms with Crippen molar-refractivity contribution in [2.45, 2.75) is 13.0 Å². The Hall–Kier alpha value is -1.81. The summed E-state index contributed by atoms with van der Waals surface area (Å²) in [5.74, 6) is 0.794. The van der Waals surface area contributed by atoms with Crippen LogP contribution in [0.5, 0.6) is 0 Å². The van der Waals surface area contributed by atoms with Gasteiger partial charge in [-0.15, -0.1) is 0 Å². The molecule has 0 radical (unpaired) electrons. The van der Waals surface area contributed by atoms with Crippen LogP contribution in [-0.4, -0.2) is 21.5 Å². The molecular weight excluding hydrogens is 200 g/mol. The molecule has 16 heavy (non-hydrogen) atoms. The fourth-order valence-electron chi connectivity index (χ4n) is 1.88. The van der Waals surface area contributed by atoms with E-state index in [2.05, 4.69) is 20.3 Å². The van der Waals surface area contributed by atoms with Gasteiger partial charge in [0.2, 0.25) is 0 Å². The monoisotopic (exact) mass is 212 g/mol. The third-order valence-corrected chi connectivity index (χ3v) is 2.75. The lowest BCUT2D eigenvalue weighted by Gasteiger charge is -2.15. The lowest BCUT2D eigenvalue weighted by Crippen LogP contribution is -2.24. The standard InChI is InChI=1S/C12H12N4/c1-4-13-5-2-9(1)12-15-8-10-7-14-6-3-11(10)16-12/h1-2,4-5,8,14H,3,6-7H2. The summed E-state index contributed by atoms with van der Waals surface area (Å²) in [6, 6.07) is 3.87. The second kappa shape index (κ2) is 3.98. The van der Waals surface area contributed by atoms with Crippen molar-refractivity contribution in [2.24, 2.45) is 0 Å². The van der Waals surface area contributed by atoms with Crippen molar-refractivity contribution in [3.8, 4) is 11.4 Å². The number of hydrogen-bond donors (Lipinski definition) is 1. The molecule has 3 heterocycles. The van der Waals surface area contributed by atoms with Gasteiger partial charge in [0.05, 0.1) is 5.69 Å². The summed E-state index contributed by atoms with van der Waals surface area (Å²) in [7, 11) is 0. The molecular formula is C12H12N4. The fraction of sp³-hybridized carbons (Fsp3) is 0.250. The van der Waals surface area contributed by atoms with Crippen molar-refractivity contribution in [1.29, 1.82) is 0 Å². The molecule has 4 nitrogen and oxygen atoms in total. The highest BCUT2D eigenvalue weighted by Gasteiger charge is 2.11. The number of fused-ring (bicyclic) bond motifs is 1. The molecule has 0 aromatic carbocycles. The van der Waals surface area contributed by atoms with Crippen molar-refractivity contribution < 1.29 is 0 Å². The number of nitrogens with zero attached hydrogens (tertiary/aromatic N) is 3. The van der Waals surface area contributed by atoms with E-state index in [0.717, 1.165) is 30.9 Å². The van der Waals surface area contributed by atoms with E-state index in [1.807, 2.05) is 18.3 Å². The van der Waals surface area contributed by atoms with E-state index in [0.29, 0.717) is 0 Å². The Balaban J connectivity index is 2.03. The molecule has 0 saturated heterocycles. The summed E-state index contributed by atoms with van der Waals surface area (Å²) >= 11 is 0. The summed E-state index contributed by atoms with van der Waals surface area (Å²) in [6.07, 6.45) is 6.43. The molecule has 80 valence electrons. The van der Waals surface area contributed by atoms with Crippen LogP contribution < -0.4 is 5.32 Å². The van der Waals surface area contributed by atoms with Crippen LogP contribution in [0, 0.1) is 0 Å². The Bertz CT molecular complexity index is 496. The first kappa shape index (κ1) is 9.42. The Kier molecular flexibility index (Phi) is 2.34. The van der Waals surface area contributed by atoms with Gasteiger partial charge in [0, 0.05) is 49.2 Å². The first-order valence-electron chi connectivity index (χ1n) is 5.39. The number of nitrogens with one attached hydrogen (secondary N) is 1. The van der Waals surface area contributed by atoms with E-state index in [1.54, 1.807) is 12.4 Å². The molecule has 0 aliphatic carbocycles. The zero-order chi connectivity index (χ0) is 10.8. The van der Waals surface area contributed by atoms with Crippen LogP contribution >= 0.6 is 0 Å². The average Bonchev–Trinajstić information content (AvgIpc) is 2.39. The third kappa shape index (κ3) is 1.67. The third-order valence-electron chi connectivity index (χ3n) is 2.75. The Morgan fingerprint density at radius 2 is 2.06 bits per heavy atom. The predicted octanol–water partition coefficient (Wildman–Crippen LogP) is 1.18. The van der Waals surface area contributed by atoms with E-state index < -0.39 is 0 Å². The van der Waals surface area contributed by atoms with Gasteiger partial charge in [-0.2, -0.15) is 0 Å². The Morgan fingerprint density at radius 3 is 2.94 bits per heavy atom. The number of hydrogen-bond acceptors (Lipinski definition) is 4. The van der Waals surface area contributed by atoms with Gasteiger partial charge < -0.3 is 5.32 Å². The first-order valence-corrected chi connectivity index (χ1v) is 5.39. The first-order chi connectivity index (χ1) is 7.93. The van der Waals surface area contributed by atoms with Gasteiger partial charge in [-0.3, -0.25) is 4.98 Å². The maximum absolute atomic E-state index is 4.60. The number of pyridine rings is 1. The van der Waals surface area contributed by atoms with Crippen molar-refractivity contribution in [3.05, 3.63) is 42.0 Å². The SMILES string of the molecule is c1cc(-c2ncc3c(n2)CCNC3)ccn1. The van der Waals surface area contributed by atoms with E-state index in [9.17, 15) is 0 Å². The van der Waals surface area contributed by atoms with Gasteiger partial charge in [0.1, 0.15) is 0 Å². The molecule has 4 heteroatoms. The molecule has 0 amide bonds. The maximum Gasteiger partial charge on any atom is 0.159 e. The van der Waals surface area contributed by atoms with Crippen molar-refractivity contribution in [2.75, 3.05) is 6.54 Å². The minimum Gasteiger partial charge on any atom is -0.312 e. The number of rotatable bonds is 1. The largest absolute Gasteiger partial charge is 0.312 e. The molecule has 2 aromatic rings. The lowest BCUT2D eigenvalue weighted by atomic mass is 10.1. The van der Waals surface area contributed by atoms with Crippen LogP contribution in [0.3, 0.4) is 0 Å². The highest BCUT2D eigenvalue weighted by atomic mass is 14.9. The molecule has 0 fully saturated rings. The summed E-state index contributed by atoms with van der Waals surface area (Å²) < 4.78 is 0.